The first-order valence-corrected chi connectivity index (χ1v) is 12.1. The standard InChI is InChI=1S/C22H23F3N6O3S/c1-27-21(32)15-10-18(20-19(11-15)31(29-28-20)12-16(23)5-7-26)14-3-2-4-17(9-14)35(33,34)30-8-6-22(24,25)13-30/h2-5,9-11H,6-8,12-13,26H2,1H3,(H,27,32)/b16-5-. The van der Waals surface area contributed by atoms with Crippen LogP contribution in [0.25, 0.3) is 22.2 Å². The van der Waals surface area contributed by atoms with Gasteiger partial charge in [0.15, 0.2) is 0 Å². The van der Waals surface area contributed by atoms with Crippen LogP contribution in [0.3, 0.4) is 0 Å². The molecular formula is C22H23F3N6O3S. The van der Waals surface area contributed by atoms with Crippen molar-refractivity contribution in [3.63, 3.8) is 0 Å². The number of hydrogen-bond donors (Lipinski definition) is 2. The highest BCUT2D eigenvalue weighted by Gasteiger charge is 2.43. The maximum absolute atomic E-state index is 14.1. The zero-order chi connectivity index (χ0) is 25.4. The highest BCUT2D eigenvalue weighted by Crippen LogP contribution is 2.34. The number of nitrogens with two attached hydrogens (primary N) is 1. The van der Waals surface area contributed by atoms with E-state index in [0.29, 0.717) is 22.2 Å². The average Bonchev–Trinajstić information content (AvgIpc) is 3.41. The zero-order valence-electron chi connectivity index (χ0n) is 18.7. The molecule has 0 spiro atoms. The number of amides is 1. The maximum Gasteiger partial charge on any atom is 0.262 e. The second-order valence-corrected chi connectivity index (χ2v) is 10.0. The minimum Gasteiger partial charge on any atom is -0.355 e. The molecule has 1 aliphatic heterocycles. The SMILES string of the molecule is CNC(=O)c1cc(-c2cccc(S(=O)(=O)N3CCC(F)(F)C3)c2)c2nnn(C/C(F)=C/CN)c2c1. The molecule has 2 heterocycles. The molecule has 1 aromatic heterocycles. The Labute approximate surface area is 199 Å². The molecule has 0 unspecified atom stereocenters. The summed E-state index contributed by atoms with van der Waals surface area (Å²) in [5.41, 5.74) is 6.97. The average molecular weight is 509 g/mol. The first-order valence-electron chi connectivity index (χ1n) is 10.7. The summed E-state index contributed by atoms with van der Waals surface area (Å²) in [7, 11) is -2.73. The maximum atomic E-state index is 14.1. The number of hydrogen-bond acceptors (Lipinski definition) is 6. The lowest BCUT2D eigenvalue weighted by atomic mass is 10.0. The fourth-order valence-electron chi connectivity index (χ4n) is 3.90. The van der Waals surface area contributed by atoms with Gasteiger partial charge in [0, 0.05) is 37.7 Å². The van der Waals surface area contributed by atoms with Gasteiger partial charge in [-0.3, -0.25) is 4.79 Å². The molecule has 0 radical (unpaired) electrons. The van der Waals surface area contributed by atoms with E-state index in [0.717, 1.165) is 4.31 Å². The smallest absolute Gasteiger partial charge is 0.262 e. The number of nitrogens with one attached hydrogen (secondary N) is 1. The molecule has 0 atom stereocenters. The van der Waals surface area contributed by atoms with E-state index in [1.165, 1.54) is 48.1 Å². The van der Waals surface area contributed by atoms with Crippen LogP contribution < -0.4 is 11.1 Å². The lowest BCUT2D eigenvalue weighted by Crippen LogP contribution is -2.31. The Kier molecular flexibility index (Phi) is 6.66. The molecule has 35 heavy (non-hydrogen) atoms. The zero-order valence-corrected chi connectivity index (χ0v) is 19.5. The number of halogens is 3. The summed E-state index contributed by atoms with van der Waals surface area (Å²) in [4.78, 5) is 12.3. The van der Waals surface area contributed by atoms with E-state index in [2.05, 4.69) is 15.6 Å². The molecule has 2 aromatic carbocycles. The van der Waals surface area contributed by atoms with E-state index >= 15 is 0 Å². The van der Waals surface area contributed by atoms with E-state index in [1.54, 1.807) is 6.07 Å². The number of allylic oxidation sites excluding steroid dienone is 1. The molecule has 3 N–H and O–H groups in total. The Bertz CT molecular complexity index is 1420. The summed E-state index contributed by atoms with van der Waals surface area (Å²) in [6.07, 6.45) is 0.645. The summed E-state index contributed by atoms with van der Waals surface area (Å²) in [5, 5.41) is 10.6. The van der Waals surface area contributed by atoms with Crippen LogP contribution in [0.15, 0.2) is 53.2 Å². The van der Waals surface area contributed by atoms with Crippen molar-refractivity contribution in [2.45, 2.75) is 23.8 Å². The lowest BCUT2D eigenvalue weighted by Gasteiger charge is -2.17. The van der Waals surface area contributed by atoms with Gasteiger partial charge in [0.25, 0.3) is 11.8 Å². The fourth-order valence-corrected chi connectivity index (χ4v) is 5.41. The molecule has 9 nitrogen and oxygen atoms in total. The van der Waals surface area contributed by atoms with Gasteiger partial charge in [-0.25, -0.2) is 26.3 Å². The Balaban J connectivity index is 1.83. The summed E-state index contributed by atoms with van der Waals surface area (Å²) < 4.78 is 69.5. The summed E-state index contributed by atoms with van der Waals surface area (Å²) in [5.74, 6) is -4.05. The van der Waals surface area contributed by atoms with Crippen LogP contribution in [0.1, 0.15) is 16.8 Å². The third-order valence-electron chi connectivity index (χ3n) is 5.67. The van der Waals surface area contributed by atoms with E-state index in [-0.39, 0.29) is 30.1 Å². The largest absolute Gasteiger partial charge is 0.355 e. The van der Waals surface area contributed by atoms with Crippen molar-refractivity contribution in [1.82, 2.24) is 24.6 Å². The third kappa shape index (κ3) is 4.92. The van der Waals surface area contributed by atoms with Crippen LogP contribution >= 0.6 is 0 Å². The molecule has 1 saturated heterocycles. The fraction of sp³-hybridized carbons (Fsp3) is 0.318. The van der Waals surface area contributed by atoms with Crippen molar-refractivity contribution in [1.29, 1.82) is 0 Å². The predicted molar refractivity (Wildman–Crippen MR) is 123 cm³/mol. The Morgan fingerprint density at radius 1 is 1.29 bits per heavy atom. The highest BCUT2D eigenvalue weighted by atomic mass is 32.2. The number of carbonyl (C=O) groups excluding carboxylic acids is 1. The molecule has 4 rings (SSSR count). The lowest BCUT2D eigenvalue weighted by molar-refractivity contribution is 0.0183. The predicted octanol–water partition coefficient (Wildman–Crippen LogP) is 2.30. The molecule has 0 saturated carbocycles. The molecule has 0 bridgehead atoms. The molecule has 186 valence electrons. The molecule has 1 amide bonds. The third-order valence-corrected chi connectivity index (χ3v) is 7.51. The minimum absolute atomic E-state index is 0.00256. The van der Waals surface area contributed by atoms with E-state index in [4.69, 9.17) is 5.73 Å². The number of sulfonamides is 1. The van der Waals surface area contributed by atoms with Gasteiger partial charge in [0.2, 0.25) is 10.0 Å². The topological polar surface area (TPSA) is 123 Å². The molecule has 3 aromatic rings. The van der Waals surface area contributed by atoms with Gasteiger partial charge in [-0.1, -0.05) is 17.3 Å². The Morgan fingerprint density at radius 3 is 2.71 bits per heavy atom. The van der Waals surface area contributed by atoms with Crippen molar-refractivity contribution in [3.05, 3.63) is 53.9 Å². The van der Waals surface area contributed by atoms with Gasteiger partial charge in [-0.15, -0.1) is 5.10 Å². The van der Waals surface area contributed by atoms with Crippen molar-refractivity contribution in [2.75, 3.05) is 26.7 Å². The van der Waals surface area contributed by atoms with E-state index < -0.39 is 40.6 Å². The minimum atomic E-state index is -4.18. The van der Waals surface area contributed by atoms with Gasteiger partial charge in [-0.05, 0) is 35.9 Å². The van der Waals surface area contributed by atoms with Crippen LogP contribution in [0.5, 0.6) is 0 Å². The second-order valence-electron chi connectivity index (χ2n) is 8.08. The van der Waals surface area contributed by atoms with Crippen molar-refractivity contribution >= 4 is 27.0 Å². The van der Waals surface area contributed by atoms with E-state index in [9.17, 15) is 26.4 Å². The number of aromatic nitrogens is 3. The van der Waals surface area contributed by atoms with Gasteiger partial charge < -0.3 is 11.1 Å². The Morgan fingerprint density at radius 2 is 2.06 bits per heavy atom. The van der Waals surface area contributed by atoms with Gasteiger partial charge in [-0.2, -0.15) is 4.31 Å². The molecule has 13 heteroatoms. The summed E-state index contributed by atoms with van der Waals surface area (Å²) in [6, 6.07) is 8.75. The van der Waals surface area contributed by atoms with Gasteiger partial charge in [0.05, 0.1) is 23.5 Å². The van der Waals surface area contributed by atoms with Crippen LogP contribution in [-0.4, -0.2) is 66.2 Å². The van der Waals surface area contributed by atoms with Gasteiger partial charge in [0.1, 0.15) is 11.3 Å². The Hall–Kier alpha value is -3.29. The number of nitrogens with zero attached hydrogens (tertiary/aromatic N) is 4. The number of rotatable bonds is 7. The van der Waals surface area contributed by atoms with E-state index in [1.807, 2.05) is 0 Å². The van der Waals surface area contributed by atoms with Crippen LogP contribution in [0.4, 0.5) is 13.2 Å². The summed E-state index contributed by atoms with van der Waals surface area (Å²) >= 11 is 0. The second kappa shape index (κ2) is 9.40. The first kappa shape index (κ1) is 24.8. The quantitative estimate of drug-likeness (QED) is 0.505. The van der Waals surface area contributed by atoms with Gasteiger partial charge >= 0.3 is 0 Å². The summed E-state index contributed by atoms with van der Waals surface area (Å²) in [6.45, 7) is -1.43. The monoisotopic (exact) mass is 508 g/mol. The van der Waals surface area contributed by atoms with Crippen LogP contribution in [0.2, 0.25) is 0 Å². The molecule has 1 aliphatic rings. The van der Waals surface area contributed by atoms with Crippen LogP contribution in [-0.2, 0) is 16.6 Å². The number of carbonyl (C=O) groups is 1. The number of benzene rings is 2. The van der Waals surface area contributed by atoms with Crippen molar-refractivity contribution in [3.8, 4) is 11.1 Å². The molecular weight excluding hydrogens is 485 g/mol. The highest BCUT2D eigenvalue weighted by molar-refractivity contribution is 7.89. The van der Waals surface area contributed by atoms with Crippen molar-refractivity contribution < 1.29 is 26.4 Å². The van der Waals surface area contributed by atoms with Crippen molar-refractivity contribution in [2.24, 2.45) is 5.73 Å². The van der Waals surface area contributed by atoms with Crippen LogP contribution in [0, 0.1) is 0 Å². The number of alkyl halides is 2. The number of fused-ring (bicyclic) bond motifs is 1. The normalized spacial score (nSPS) is 16.7. The molecule has 1 fully saturated rings. The first-order chi connectivity index (χ1) is 16.6. The molecule has 0 aliphatic carbocycles.